The number of ether oxygens (including phenoxy) is 1. The molecule has 0 spiro atoms. The molecule has 0 N–H and O–H groups in total. The first-order chi connectivity index (χ1) is 15.5. The summed E-state index contributed by atoms with van der Waals surface area (Å²) in [7, 11) is 1.77. The van der Waals surface area contributed by atoms with Gasteiger partial charge >= 0.3 is 0 Å². The number of hydrogen-bond acceptors (Lipinski definition) is 5. The number of aryl methyl sites for hydroxylation is 1. The third kappa shape index (κ3) is 6.17. The summed E-state index contributed by atoms with van der Waals surface area (Å²) in [6.45, 7) is 7.81. The highest BCUT2D eigenvalue weighted by atomic mass is 16.5. The molecule has 32 heavy (non-hydrogen) atoms. The Morgan fingerprint density at radius 2 is 1.81 bits per heavy atom. The van der Waals surface area contributed by atoms with Gasteiger partial charge in [0.15, 0.2) is 0 Å². The highest BCUT2D eigenvalue weighted by molar-refractivity contribution is 5.80. The summed E-state index contributed by atoms with van der Waals surface area (Å²) < 4.78 is 7.59. The van der Waals surface area contributed by atoms with E-state index in [4.69, 9.17) is 4.74 Å². The Hall–Kier alpha value is -3.19. The summed E-state index contributed by atoms with van der Waals surface area (Å²) in [5.74, 6) is 0.918. The smallest absolute Gasteiger partial charge is 0.250 e. The predicted molar refractivity (Wildman–Crippen MR) is 127 cm³/mol. The minimum absolute atomic E-state index is 0.0280. The number of benzene rings is 1. The molecule has 0 fully saturated rings. The Morgan fingerprint density at radius 3 is 2.53 bits per heavy atom. The molecule has 1 amide bonds. The number of nitrogens with zero attached hydrogens (tertiary/aromatic N) is 4. The fourth-order valence-corrected chi connectivity index (χ4v) is 3.76. The summed E-state index contributed by atoms with van der Waals surface area (Å²) >= 11 is 0. The van der Waals surface area contributed by atoms with Crippen LogP contribution in [0.3, 0.4) is 0 Å². The third-order valence-corrected chi connectivity index (χ3v) is 5.61. The van der Waals surface area contributed by atoms with Gasteiger partial charge in [-0.1, -0.05) is 0 Å². The van der Waals surface area contributed by atoms with Gasteiger partial charge in [0, 0.05) is 57.1 Å². The molecule has 7 heteroatoms. The monoisotopic (exact) mass is 436 g/mol. The normalized spacial score (nSPS) is 11.1. The molecule has 3 rings (SSSR count). The molecule has 1 aromatic carbocycles. The van der Waals surface area contributed by atoms with Gasteiger partial charge in [-0.25, -0.2) is 0 Å². The largest absolute Gasteiger partial charge is 0.494 e. The van der Waals surface area contributed by atoms with E-state index < -0.39 is 0 Å². The first-order valence-corrected chi connectivity index (χ1v) is 11.1. The summed E-state index contributed by atoms with van der Waals surface area (Å²) in [6, 6.07) is 13.1. The zero-order valence-corrected chi connectivity index (χ0v) is 19.2. The van der Waals surface area contributed by atoms with E-state index in [0.717, 1.165) is 48.3 Å². The highest BCUT2D eigenvalue weighted by Gasteiger charge is 2.15. The van der Waals surface area contributed by atoms with Crippen molar-refractivity contribution < 1.29 is 9.53 Å². The first kappa shape index (κ1) is 23.5. The van der Waals surface area contributed by atoms with Gasteiger partial charge in [0.2, 0.25) is 5.91 Å². The van der Waals surface area contributed by atoms with Gasteiger partial charge in [-0.2, -0.15) is 0 Å². The van der Waals surface area contributed by atoms with E-state index in [1.165, 1.54) is 0 Å². The average Bonchev–Trinajstić information content (AvgIpc) is 2.80. The minimum Gasteiger partial charge on any atom is -0.494 e. The Kier molecular flexibility index (Phi) is 8.39. The van der Waals surface area contributed by atoms with E-state index in [0.29, 0.717) is 19.7 Å². The third-order valence-electron chi connectivity index (χ3n) is 5.61. The second-order valence-corrected chi connectivity index (χ2v) is 7.79. The maximum absolute atomic E-state index is 12.7. The lowest BCUT2D eigenvalue weighted by Crippen LogP contribution is -2.40. The van der Waals surface area contributed by atoms with Gasteiger partial charge in [0.1, 0.15) is 5.75 Å². The van der Waals surface area contributed by atoms with Crippen LogP contribution < -0.4 is 10.3 Å². The number of fused-ring (bicyclic) bond motifs is 1. The average molecular weight is 437 g/mol. The lowest BCUT2D eigenvalue weighted by molar-refractivity contribution is -0.132. The van der Waals surface area contributed by atoms with Crippen molar-refractivity contribution in [3.8, 4) is 5.75 Å². The van der Waals surface area contributed by atoms with Crippen LogP contribution in [-0.2, 0) is 18.4 Å². The van der Waals surface area contributed by atoms with Gasteiger partial charge in [0.25, 0.3) is 5.56 Å². The molecule has 7 nitrogen and oxygen atoms in total. The van der Waals surface area contributed by atoms with Gasteiger partial charge in [-0.05, 0) is 62.2 Å². The van der Waals surface area contributed by atoms with Crippen molar-refractivity contribution >= 4 is 16.8 Å². The SMILES string of the molecule is CCN(CC)C(=O)CN(CCCOc1ccc2c(ccc(=O)n2C)c1)Cc1ccncc1. The zero-order valence-electron chi connectivity index (χ0n) is 19.2. The van der Waals surface area contributed by atoms with Crippen molar-refractivity contribution in [2.45, 2.75) is 26.8 Å². The van der Waals surface area contributed by atoms with Crippen LogP contribution in [0.25, 0.3) is 10.9 Å². The first-order valence-electron chi connectivity index (χ1n) is 11.1. The number of pyridine rings is 2. The number of rotatable bonds is 11. The quantitative estimate of drug-likeness (QED) is 0.432. The van der Waals surface area contributed by atoms with Crippen molar-refractivity contribution in [1.29, 1.82) is 0 Å². The fraction of sp³-hybridized carbons (Fsp3) is 0.400. The summed E-state index contributed by atoms with van der Waals surface area (Å²) in [6.07, 6.45) is 4.35. The molecule has 0 aliphatic carbocycles. The van der Waals surface area contributed by atoms with Crippen LogP contribution in [0.15, 0.2) is 59.7 Å². The Bertz CT molecular complexity index is 1080. The van der Waals surface area contributed by atoms with Gasteiger partial charge in [0.05, 0.1) is 18.7 Å². The molecular formula is C25H32N4O3. The van der Waals surface area contributed by atoms with Crippen LogP contribution in [0.2, 0.25) is 0 Å². The van der Waals surface area contributed by atoms with Crippen molar-refractivity contribution in [2.75, 3.05) is 32.8 Å². The molecule has 2 aromatic heterocycles. The molecular weight excluding hydrogens is 404 g/mol. The molecule has 2 heterocycles. The molecule has 0 radical (unpaired) electrons. The van der Waals surface area contributed by atoms with E-state index in [9.17, 15) is 9.59 Å². The van der Waals surface area contributed by atoms with Crippen LogP contribution >= 0.6 is 0 Å². The number of likely N-dealkylation sites (N-methyl/N-ethyl adjacent to an activating group) is 1. The summed E-state index contributed by atoms with van der Waals surface area (Å²) in [5, 5.41) is 0.966. The maximum atomic E-state index is 12.7. The molecule has 0 aliphatic heterocycles. The van der Waals surface area contributed by atoms with E-state index in [1.807, 2.05) is 55.1 Å². The minimum atomic E-state index is -0.0280. The summed E-state index contributed by atoms with van der Waals surface area (Å²) in [4.78, 5) is 32.5. The van der Waals surface area contributed by atoms with Crippen molar-refractivity contribution in [3.63, 3.8) is 0 Å². The maximum Gasteiger partial charge on any atom is 0.250 e. The molecule has 0 bridgehead atoms. The fourth-order valence-electron chi connectivity index (χ4n) is 3.76. The van der Waals surface area contributed by atoms with Gasteiger partial charge < -0.3 is 14.2 Å². The Morgan fingerprint density at radius 1 is 1.06 bits per heavy atom. The van der Waals surface area contributed by atoms with E-state index in [2.05, 4.69) is 9.88 Å². The molecule has 0 saturated carbocycles. The standard InChI is InChI=1S/C25H32N4O3/c1-4-29(5-2)25(31)19-28(18-20-11-13-26-14-12-20)15-6-16-32-22-8-9-23-21(17-22)7-10-24(30)27(23)3/h7-14,17H,4-6,15-16,18-19H2,1-3H3. The second-order valence-electron chi connectivity index (χ2n) is 7.79. The number of aromatic nitrogens is 2. The van der Waals surface area contributed by atoms with Crippen LogP contribution in [0.4, 0.5) is 0 Å². The van der Waals surface area contributed by atoms with Gasteiger partial charge in [-0.15, -0.1) is 0 Å². The lowest BCUT2D eigenvalue weighted by Gasteiger charge is -2.26. The topological polar surface area (TPSA) is 67.7 Å². The predicted octanol–water partition coefficient (Wildman–Crippen LogP) is 3.07. The number of carbonyl (C=O) groups is 1. The van der Waals surface area contributed by atoms with E-state index in [1.54, 1.807) is 30.1 Å². The van der Waals surface area contributed by atoms with E-state index in [-0.39, 0.29) is 11.5 Å². The number of amides is 1. The van der Waals surface area contributed by atoms with Crippen LogP contribution in [0.5, 0.6) is 5.75 Å². The van der Waals surface area contributed by atoms with Crippen molar-refractivity contribution in [1.82, 2.24) is 19.4 Å². The Balaban J connectivity index is 1.59. The molecule has 0 atom stereocenters. The highest BCUT2D eigenvalue weighted by Crippen LogP contribution is 2.19. The lowest BCUT2D eigenvalue weighted by atomic mass is 10.2. The van der Waals surface area contributed by atoms with Gasteiger partial charge in [-0.3, -0.25) is 19.5 Å². The van der Waals surface area contributed by atoms with Crippen molar-refractivity contribution in [3.05, 3.63) is 70.8 Å². The molecule has 170 valence electrons. The molecule has 0 unspecified atom stereocenters. The molecule has 3 aromatic rings. The number of carbonyl (C=O) groups excluding carboxylic acids is 1. The second kappa shape index (κ2) is 11.4. The van der Waals surface area contributed by atoms with Crippen LogP contribution in [-0.4, -0.2) is 58.0 Å². The molecule has 0 aliphatic rings. The Labute approximate surface area is 189 Å². The van der Waals surface area contributed by atoms with E-state index >= 15 is 0 Å². The van der Waals surface area contributed by atoms with Crippen LogP contribution in [0, 0.1) is 0 Å². The molecule has 0 saturated heterocycles. The van der Waals surface area contributed by atoms with Crippen molar-refractivity contribution in [2.24, 2.45) is 7.05 Å². The zero-order chi connectivity index (χ0) is 22.9. The number of hydrogen-bond donors (Lipinski definition) is 0. The van der Waals surface area contributed by atoms with Crippen LogP contribution in [0.1, 0.15) is 25.8 Å². The summed E-state index contributed by atoms with van der Waals surface area (Å²) in [5.41, 5.74) is 1.98.